The van der Waals surface area contributed by atoms with Gasteiger partial charge in [0, 0.05) is 16.7 Å². The number of benzene rings is 2. The SMILES string of the molecule is COc1ccc(/C=C/C(=O)N[C@@H](C)C(=O)OC(C)C(=O)Nc2ccc(SC(F)F)cc2)cc1. The van der Waals surface area contributed by atoms with Gasteiger partial charge in [-0.3, -0.25) is 9.59 Å². The average molecular weight is 479 g/mol. The zero-order valence-corrected chi connectivity index (χ0v) is 19.0. The van der Waals surface area contributed by atoms with E-state index in [1.165, 1.54) is 44.2 Å². The molecule has 0 heterocycles. The molecule has 2 N–H and O–H groups in total. The van der Waals surface area contributed by atoms with Crippen LogP contribution in [0.4, 0.5) is 14.5 Å². The molecule has 0 aliphatic rings. The van der Waals surface area contributed by atoms with Crippen molar-refractivity contribution >= 4 is 41.3 Å². The van der Waals surface area contributed by atoms with E-state index in [2.05, 4.69) is 10.6 Å². The van der Waals surface area contributed by atoms with Crippen LogP contribution in [0.2, 0.25) is 0 Å². The molecule has 0 aliphatic carbocycles. The van der Waals surface area contributed by atoms with E-state index in [1.807, 2.05) is 0 Å². The van der Waals surface area contributed by atoms with Gasteiger partial charge in [-0.1, -0.05) is 23.9 Å². The van der Waals surface area contributed by atoms with Crippen molar-refractivity contribution in [3.63, 3.8) is 0 Å². The number of carbonyl (C=O) groups excluding carboxylic acids is 3. The van der Waals surface area contributed by atoms with Gasteiger partial charge in [0.2, 0.25) is 5.91 Å². The maximum absolute atomic E-state index is 12.4. The van der Waals surface area contributed by atoms with Crippen LogP contribution in [0.25, 0.3) is 6.08 Å². The first-order chi connectivity index (χ1) is 15.7. The van der Waals surface area contributed by atoms with Crippen LogP contribution in [0, 0.1) is 0 Å². The van der Waals surface area contributed by atoms with Crippen LogP contribution in [-0.4, -0.2) is 42.8 Å². The predicted octanol–water partition coefficient (Wildman–Crippen LogP) is 4.10. The Balaban J connectivity index is 1.81. The summed E-state index contributed by atoms with van der Waals surface area (Å²) in [4.78, 5) is 36.9. The molecule has 176 valence electrons. The summed E-state index contributed by atoms with van der Waals surface area (Å²) in [7, 11) is 1.55. The van der Waals surface area contributed by atoms with Gasteiger partial charge in [-0.15, -0.1) is 0 Å². The van der Waals surface area contributed by atoms with E-state index in [1.54, 1.807) is 37.5 Å². The molecule has 2 aromatic rings. The van der Waals surface area contributed by atoms with Gasteiger partial charge in [-0.05, 0) is 61.9 Å². The minimum Gasteiger partial charge on any atom is -0.497 e. The fraction of sp³-hybridized carbons (Fsp3) is 0.261. The molecule has 7 nitrogen and oxygen atoms in total. The van der Waals surface area contributed by atoms with Crippen molar-refractivity contribution in [1.82, 2.24) is 5.32 Å². The summed E-state index contributed by atoms with van der Waals surface area (Å²) in [5, 5.41) is 5.00. The maximum atomic E-state index is 12.4. The van der Waals surface area contributed by atoms with Gasteiger partial charge in [-0.25, -0.2) is 4.79 Å². The van der Waals surface area contributed by atoms with Crippen LogP contribution in [0.5, 0.6) is 5.75 Å². The first-order valence-corrected chi connectivity index (χ1v) is 10.7. The fourth-order valence-corrected chi connectivity index (χ4v) is 3.00. The Labute approximate surface area is 194 Å². The number of esters is 1. The van der Waals surface area contributed by atoms with Crippen LogP contribution in [-0.2, 0) is 19.1 Å². The van der Waals surface area contributed by atoms with Gasteiger partial charge >= 0.3 is 5.97 Å². The maximum Gasteiger partial charge on any atom is 0.329 e. The molecule has 2 rings (SSSR count). The third-order valence-electron chi connectivity index (χ3n) is 4.26. The number of rotatable bonds is 10. The molecule has 0 fully saturated rings. The van der Waals surface area contributed by atoms with E-state index in [4.69, 9.17) is 9.47 Å². The lowest BCUT2D eigenvalue weighted by Crippen LogP contribution is -2.41. The van der Waals surface area contributed by atoms with Crippen LogP contribution in [0.1, 0.15) is 19.4 Å². The van der Waals surface area contributed by atoms with E-state index in [9.17, 15) is 23.2 Å². The second-order valence-corrected chi connectivity index (χ2v) is 7.87. The molecule has 2 atom stereocenters. The molecule has 0 bridgehead atoms. The summed E-state index contributed by atoms with van der Waals surface area (Å²) < 4.78 is 34.9. The summed E-state index contributed by atoms with van der Waals surface area (Å²) in [6.07, 6.45) is 1.72. The zero-order valence-electron chi connectivity index (χ0n) is 18.2. The van der Waals surface area contributed by atoms with Crippen molar-refractivity contribution in [2.24, 2.45) is 0 Å². The second kappa shape index (κ2) is 12.6. The smallest absolute Gasteiger partial charge is 0.329 e. The quantitative estimate of drug-likeness (QED) is 0.303. The Kier molecular flexibility index (Phi) is 9.86. The molecule has 0 saturated carbocycles. The minimum atomic E-state index is -2.54. The lowest BCUT2D eigenvalue weighted by atomic mass is 10.2. The Morgan fingerprint density at radius 2 is 1.64 bits per heavy atom. The summed E-state index contributed by atoms with van der Waals surface area (Å²) in [6.45, 7) is 2.82. The van der Waals surface area contributed by atoms with Crippen molar-refractivity contribution in [3.8, 4) is 5.75 Å². The van der Waals surface area contributed by atoms with Crippen molar-refractivity contribution in [2.75, 3.05) is 12.4 Å². The summed E-state index contributed by atoms with van der Waals surface area (Å²) in [6, 6.07) is 11.9. The molecule has 0 radical (unpaired) electrons. The highest BCUT2D eigenvalue weighted by molar-refractivity contribution is 7.99. The van der Waals surface area contributed by atoms with E-state index < -0.39 is 35.7 Å². The Morgan fingerprint density at radius 3 is 2.21 bits per heavy atom. The van der Waals surface area contributed by atoms with Crippen LogP contribution >= 0.6 is 11.8 Å². The molecule has 10 heteroatoms. The second-order valence-electron chi connectivity index (χ2n) is 6.81. The third-order valence-corrected chi connectivity index (χ3v) is 4.99. The third kappa shape index (κ3) is 8.93. The lowest BCUT2D eigenvalue weighted by Gasteiger charge is -2.17. The first-order valence-electron chi connectivity index (χ1n) is 9.86. The van der Waals surface area contributed by atoms with Crippen molar-refractivity contribution in [3.05, 3.63) is 60.2 Å². The number of hydrogen-bond acceptors (Lipinski definition) is 6. The largest absolute Gasteiger partial charge is 0.497 e. The van der Waals surface area contributed by atoms with E-state index >= 15 is 0 Å². The number of hydrogen-bond donors (Lipinski definition) is 2. The summed E-state index contributed by atoms with van der Waals surface area (Å²) in [5.74, 6) is -3.74. The molecule has 33 heavy (non-hydrogen) atoms. The molecule has 1 unspecified atom stereocenters. The Hall–Kier alpha value is -3.40. The molecule has 0 aromatic heterocycles. The molecular formula is C23H24F2N2O5S. The molecule has 0 aliphatic heterocycles. The summed E-state index contributed by atoms with van der Waals surface area (Å²) in [5.41, 5.74) is 1.14. The van der Waals surface area contributed by atoms with Gasteiger partial charge in [0.05, 0.1) is 7.11 Å². The number of thioether (sulfide) groups is 1. The highest BCUT2D eigenvalue weighted by Gasteiger charge is 2.23. The van der Waals surface area contributed by atoms with Crippen molar-refractivity contribution < 1.29 is 32.6 Å². The van der Waals surface area contributed by atoms with Crippen LogP contribution in [0.3, 0.4) is 0 Å². The molecular weight excluding hydrogens is 454 g/mol. The van der Waals surface area contributed by atoms with Crippen molar-refractivity contribution in [2.45, 2.75) is 36.6 Å². The van der Waals surface area contributed by atoms with Crippen LogP contribution in [0.15, 0.2) is 59.5 Å². The molecule has 2 aromatic carbocycles. The number of nitrogens with one attached hydrogen (secondary N) is 2. The summed E-state index contributed by atoms with van der Waals surface area (Å²) >= 11 is 0.392. The Morgan fingerprint density at radius 1 is 1.00 bits per heavy atom. The number of methoxy groups -OCH3 is 1. The zero-order chi connectivity index (χ0) is 24.4. The number of halogens is 2. The number of alkyl halides is 2. The van der Waals surface area contributed by atoms with E-state index in [0.717, 1.165) is 5.56 Å². The highest BCUT2D eigenvalue weighted by atomic mass is 32.2. The van der Waals surface area contributed by atoms with Gasteiger partial charge < -0.3 is 20.1 Å². The number of carbonyl (C=O) groups is 3. The monoisotopic (exact) mass is 478 g/mol. The van der Waals surface area contributed by atoms with Crippen molar-refractivity contribution in [1.29, 1.82) is 0 Å². The standard InChI is InChI=1S/C23H24F2N2O5S/c1-14(26-20(28)13-6-16-4-9-18(31-3)10-5-16)22(30)32-15(2)21(29)27-17-7-11-19(12-8-17)33-23(24)25/h4-15,23H,1-3H3,(H,26,28)(H,27,29)/b13-6+/t14-,15?/m0/s1. The van der Waals surface area contributed by atoms with Gasteiger partial charge in [0.1, 0.15) is 11.8 Å². The predicted molar refractivity (Wildman–Crippen MR) is 122 cm³/mol. The molecule has 0 saturated heterocycles. The van der Waals surface area contributed by atoms with Gasteiger partial charge in [0.25, 0.3) is 11.7 Å². The number of ether oxygens (including phenoxy) is 2. The highest BCUT2D eigenvalue weighted by Crippen LogP contribution is 2.26. The van der Waals surface area contributed by atoms with Gasteiger partial charge in [0.15, 0.2) is 6.10 Å². The van der Waals surface area contributed by atoms with Crippen LogP contribution < -0.4 is 15.4 Å². The normalized spacial score (nSPS) is 12.8. The molecule has 2 amide bonds. The lowest BCUT2D eigenvalue weighted by molar-refractivity contribution is -0.155. The minimum absolute atomic E-state index is 0.355. The topological polar surface area (TPSA) is 93.7 Å². The number of amides is 2. The van der Waals surface area contributed by atoms with Gasteiger partial charge in [-0.2, -0.15) is 8.78 Å². The molecule has 0 spiro atoms. The fourth-order valence-electron chi connectivity index (χ4n) is 2.50. The first kappa shape index (κ1) is 25.9. The van der Waals surface area contributed by atoms with E-state index in [0.29, 0.717) is 28.1 Å². The number of anilines is 1. The van der Waals surface area contributed by atoms with E-state index in [-0.39, 0.29) is 0 Å². The average Bonchev–Trinajstić information content (AvgIpc) is 2.78. The Bertz CT molecular complexity index is 981.